The molecule has 0 saturated carbocycles. The lowest BCUT2D eigenvalue weighted by molar-refractivity contribution is 0.130. The first-order valence-corrected chi connectivity index (χ1v) is 11.8. The van der Waals surface area contributed by atoms with E-state index in [1.807, 2.05) is 46.8 Å². The first-order chi connectivity index (χ1) is 16.6. The molecule has 1 aliphatic rings. The van der Waals surface area contributed by atoms with Crippen LogP contribution in [0, 0.1) is 25.5 Å². The normalized spacial score (nSPS) is 17.7. The molecule has 3 aromatic carbocycles. The number of aryl methyl sites for hydroxylation is 2. The maximum Gasteiger partial charge on any atom is 0.411 e. The van der Waals surface area contributed by atoms with Crippen molar-refractivity contribution in [1.29, 1.82) is 0 Å². The van der Waals surface area contributed by atoms with E-state index in [0.717, 1.165) is 22.3 Å². The standard InChI is InChI=1S/C29H31F2NO3/c1-16(2)23-13-25(27(34-6)14-26(23)31)24-12-22(30)8-7-20(24)15-32-19(5)28(35-29(32)33)21-10-17(3)9-18(4)11-21/h7-14,16,19,28H,15H2,1-6H3. The maximum atomic E-state index is 14.6. The van der Waals surface area contributed by atoms with Gasteiger partial charge in [-0.2, -0.15) is 0 Å². The van der Waals surface area contributed by atoms with Gasteiger partial charge in [-0.15, -0.1) is 0 Å². The molecule has 0 spiro atoms. The van der Waals surface area contributed by atoms with Crippen LogP contribution in [0.15, 0.2) is 48.5 Å². The highest BCUT2D eigenvalue weighted by Gasteiger charge is 2.40. The van der Waals surface area contributed by atoms with Crippen LogP contribution in [0.2, 0.25) is 0 Å². The van der Waals surface area contributed by atoms with E-state index in [1.165, 1.54) is 25.3 Å². The van der Waals surface area contributed by atoms with Crippen LogP contribution in [0.1, 0.15) is 60.6 Å². The Morgan fingerprint density at radius 1 is 1.00 bits per heavy atom. The van der Waals surface area contributed by atoms with Gasteiger partial charge in [0.15, 0.2) is 0 Å². The zero-order valence-corrected chi connectivity index (χ0v) is 21.0. The fourth-order valence-corrected chi connectivity index (χ4v) is 4.85. The SMILES string of the molecule is COc1cc(F)c(C(C)C)cc1-c1cc(F)ccc1CN1C(=O)OC(c2cc(C)cc(C)c2)C1C. The van der Waals surface area contributed by atoms with E-state index in [1.54, 1.807) is 17.0 Å². The van der Waals surface area contributed by atoms with Gasteiger partial charge in [0.05, 0.1) is 19.7 Å². The number of hydrogen-bond donors (Lipinski definition) is 0. The lowest BCUT2D eigenvalue weighted by Crippen LogP contribution is -2.31. The highest BCUT2D eigenvalue weighted by Crippen LogP contribution is 2.39. The maximum absolute atomic E-state index is 14.6. The van der Waals surface area contributed by atoms with Gasteiger partial charge in [0, 0.05) is 11.6 Å². The molecule has 0 radical (unpaired) electrons. The molecule has 2 unspecified atom stereocenters. The second-order valence-corrected chi connectivity index (χ2v) is 9.62. The van der Waals surface area contributed by atoms with Crippen LogP contribution in [-0.2, 0) is 11.3 Å². The van der Waals surface area contributed by atoms with Crippen LogP contribution in [-0.4, -0.2) is 24.1 Å². The highest BCUT2D eigenvalue weighted by molar-refractivity contribution is 5.76. The molecule has 35 heavy (non-hydrogen) atoms. The summed E-state index contributed by atoms with van der Waals surface area (Å²) in [4.78, 5) is 14.6. The number of carbonyl (C=O) groups is 1. The predicted octanol–water partition coefficient (Wildman–Crippen LogP) is 7.46. The Kier molecular flexibility index (Phi) is 6.84. The van der Waals surface area contributed by atoms with E-state index in [4.69, 9.17) is 9.47 Å². The third-order valence-electron chi connectivity index (χ3n) is 6.61. The summed E-state index contributed by atoms with van der Waals surface area (Å²) in [5.74, 6) is -0.550. The zero-order valence-electron chi connectivity index (χ0n) is 21.0. The Balaban J connectivity index is 1.73. The molecule has 184 valence electrons. The van der Waals surface area contributed by atoms with Crippen molar-refractivity contribution in [2.45, 2.75) is 59.2 Å². The molecule has 3 aromatic rings. The van der Waals surface area contributed by atoms with Crippen LogP contribution < -0.4 is 4.74 Å². The number of nitrogens with zero attached hydrogens (tertiary/aromatic N) is 1. The minimum absolute atomic E-state index is 0.0659. The highest BCUT2D eigenvalue weighted by atomic mass is 19.1. The third kappa shape index (κ3) is 4.88. The predicted molar refractivity (Wildman–Crippen MR) is 133 cm³/mol. The second-order valence-electron chi connectivity index (χ2n) is 9.62. The summed E-state index contributed by atoms with van der Waals surface area (Å²) >= 11 is 0. The first kappa shape index (κ1) is 24.7. The van der Waals surface area contributed by atoms with Gasteiger partial charge in [0.2, 0.25) is 0 Å². The van der Waals surface area contributed by atoms with Gasteiger partial charge in [0.25, 0.3) is 0 Å². The van der Waals surface area contributed by atoms with Crippen molar-refractivity contribution in [1.82, 2.24) is 4.90 Å². The average molecular weight is 480 g/mol. The number of methoxy groups -OCH3 is 1. The lowest BCUT2D eigenvalue weighted by atomic mass is 9.92. The molecule has 4 rings (SSSR count). The van der Waals surface area contributed by atoms with Gasteiger partial charge >= 0.3 is 6.09 Å². The molecule has 0 aliphatic carbocycles. The van der Waals surface area contributed by atoms with Crippen molar-refractivity contribution in [3.05, 3.63) is 88.0 Å². The molecule has 4 nitrogen and oxygen atoms in total. The van der Waals surface area contributed by atoms with Crippen molar-refractivity contribution in [3.8, 4) is 16.9 Å². The van der Waals surface area contributed by atoms with Crippen LogP contribution in [0.25, 0.3) is 11.1 Å². The van der Waals surface area contributed by atoms with Crippen molar-refractivity contribution < 1.29 is 23.0 Å². The van der Waals surface area contributed by atoms with Gasteiger partial charge in [-0.1, -0.05) is 49.2 Å². The van der Waals surface area contributed by atoms with E-state index in [9.17, 15) is 13.6 Å². The number of benzene rings is 3. The van der Waals surface area contributed by atoms with Gasteiger partial charge in [0.1, 0.15) is 23.5 Å². The smallest absolute Gasteiger partial charge is 0.411 e. The number of carbonyl (C=O) groups excluding carboxylic acids is 1. The van der Waals surface area contributed by atoms with E-state index < -0.39 is 18.0 Å². The Bertz CT molecular complexity index is 1250. The van der Waals surface area contributed by atoms with Gasteiger partial charge in [-0.25, -0.2) is 13.6 Å². The quantitative estimate of drug-likeness (QED) is 0.368. The largest absolute Gasteiger partial charge is 0.496 e. The van der Waals surface area contributed by atoms with E-state index in [2.05, 4.69) is 6.07 Å². The summed E-state index contributed by atoms with van der Waals surface area (Å²) in [7, 11) is 1.46. The Morgan fingerprint density at radius 3 is 2.31 bits per heavy atom. The average Bonchev–Trinajstić information content (AvgIpc) is 3.07. The van der Waals surface area contributed by atoms with Crippen molar-refractivity contribution in [3.63, 3.8) is 0 Å². The van der Waals surface area contributed by atoms with E-state index >= 15 is 0 Å². The molecule has 1 amide bonds. The lowest BCUT2D eigenvalue weighted by Gasteiger charge is -2.23. The van der Waals surface area contributed by atoms with Gasteiger partial charge in [-0.3, -0.25) is 4.90 Å². The second kappa shape index (κ2) is 9.68. The number of ether oxygens (including phenoxy) is 2. The van der Waals surface area contributed by atoms with E-state index in [0.29, 0.717) is 22.4 Å². The fourth-order valence-electron chi connectivity index (χ4n) is 4.85. The molecule has 6 heteroatoms. The van der Waals surface area contributed by atoms with Crippen LogP contribution in [0.3, 0.4) is 0 Å². The number of cyclic esters (lactones) is 1. The minimum atomic E-state index is -0.425. The molecule has 1 heterocycles. The number of halogens is 2. The molecular formula is C29H31F2NO3. The first-order valence-electron chi connectivity index (χ1n) is 11.8. The number of amides is 1. The van der Waals surface area contributed by atoms with Crippen LogP contribution in [0.4, 0.5) is 13.6 Å². The zero-order chi connectivity index (χ0) is 25.4. The Hall–Kier alpha value is -3.41. The van der Waals surface area contributed by atoms with Crippen molar-refractivity contribution in [2.24, 2.45) is 0 Å². The van der Waals surface area contributed by atoms with Gasteiger partial charge in [-0.05, 0) is 67.1 Å². The summed E-state index contributed by atoms with van der Waals surface area (Å²) in [5, 5.41) is 0. The molecular weight excluding hydrogens is 448 g/mol. The van der Waals surface area contributed by atoms with Gasteiger partial charge < -0.3 is 9.47 Å². The summed E-state index contributed by atoms with van der Waals surface area (Å²) in [5.41, 5.74) is 5.53. The Morgan fingerprint density at radius 2 is 1.69 bits per heavy atom. The van der Waals surface area contributed by atoms with Crippen LogP contribution >= 0.6 is 0 Å². The van der Waals surface area contributed by atoms with Crippen molar-refractivity contribution in [2.75, 3.05) is 7.11 Å². The molecule has 2 atom stereocenters. The minimum Gasteiger partial charge on any atom is -0.496 e. The fraction of sp³-hybridized carbons (Fsp3) is 0.345. The molecule has 0 bridgehead atoms. The number of rotatable bonds is 6. The van der Waals surface area contributed by atoms with Crippen molar-refractivity contribution >= 4 is 6.09 Å². The topological polar surface area (TPSA) is 38.8 Å². The monoisotopic (exact) mass is 479 g/mol. The molecule has 0 N–H and O–H groups in total. The molecule has 1 aliphatic heterocycles. The summed E-state index contributed by atoms with van der Waals surface area (Å²) < 4.78 is 40.3. The summed E-state index contributed by atoms with van der Waals surface area (Å²) in [6.07, 6.45) is -0.830. The summed E-state index contributed by atoms with van der Waals surface area (Å²) in [6, 6.07) is 13.4. The molecule has 1 fully saturated rings. The Labute approximate surface area is 205 Å². The molecule has 1 saturated heterocycles. The summed E-state index contributed by atoms with van der Waals surface area (Å²) in [6.45, 7) is 10.00. The number of hydrogen-bond acceptors (Lipinski definition) is 3. The molecule has 0 aromatic heterocycles. The van der Waals surface area contributed by atoms with E-state index in [-0.39, 0.29) is 24.3 Å². The third-order valence-corrected chi connectivity index (χ3v) is 6.61. The van der Waals surface area contributed by atoms with Crippen LogP contribution in [0.5, 0.6) is 5.75 Å².